The molecule has 0 atom stereocenters. The van der Waals surface area contributed by atoms with Gasteiger partial charge in [-0.2, -0.15) is 0 Å². The number of halogens is 1. The molecule has 6 nitrogen and oxygen atoms in total. The maximum Gasteiger partial charge on any atom is 0.404 e. The number of hydrogen-bond acceptors (Lipinski definition) is 3. The Kier molecular flexibility index (Phi) is 7.09. The van der Waals surface area contributed by atoms with Crippen molar-refractivity contribution in [1.29, 1.82) is 0 Å². The van der Waals surface area contributed by atoms with E-state index in [9.17, 15) is 9.59 Å². The van der Waals surface area contributed by atoms with Gasteiger partial charge in [0, 0.05) is 24.0 Å². The van der Waals surface area contributed by atoms with Crippen LogP contribution in [0.4, 0.5) is 10.5 Å². The largest absolute Gasteiger partial charge is 0.465 e. The summed E-state index contributed by atoms with van der Waals surface area (Å²) in [6, 6.07) is 7.41. The second-order valence-electron chi connectivity index (χ2n) is 7.38. The van der Waals surface area contributed by atoms with Gasteiger partial charge in [-0.1, -0.05) is 30.9 Å². The molecule has 1 aromatic heterocycles. The van der Waals surface area contributed by atoms with Crippen molar-refractivity contribution in [1.82, 2.24) is 10.3 Å². The number of rotatable bonds is 7. The molecule has 3 N–H and O–H groups in total. The van der Waals surface area contributed by atoms with Crippen molar-refractivity contribution >= 4 is 40.2 Å². The lowest BCUT2D eigenvalue weighted by atomic mass is 9.87. The van der Waals surface area contributed by atoms with Crippen LogP contribution in [0.25, 0.3) is 10.9 Å². The number of benzene rings is 1. The van der Waals surface area contributed by atoms with E-state index in [-0.39, 0.29) is 5.91 Å². The van der Waals surface area contributed by atoms with E-state index in [0.717, 1.165) is 29.4 Å². The molecule has 3 rings (SSSR count). The smallest absolute Gasteiger partial charge is 0.404 e. The molecule has 1 heterocycles. The van der Waals surface area contributed by atoms with Crippen LogP contribution in [0.1, 0.15) is 50.6 Å². The normalized spacial score (nSPS) is 14.8. The zero-order chi connectivity index (χ0) is 19.9. The zero-order valence-electron chi connectivity index (χ0n) is 15.8. The van der Waals surface area contributed by atoms with Gasteiger partial charge in [-0.05, 0) is 55.9 Å². The van der Waals surface area contributed by atoms with E-state index in [1.807, 2.05) is 18.2 Å². The molecule has 0 unspecified atom stereocenters. The number of carbonyl (C=O) groups is 2. The molecule has 150 valence electrons. The number of pyridine rings is 1. The Balaban J connectivity index is 1.68. The quantitative estimate of drug-likeness (QED) is 0.567. The van der Waals surface area contributed by atoms with Crippen molar-refractivity contribution in [2.45, 2.75) is 51.4 Å². The van der Waals surface area contributed by atoms with Gasteiger partial charge in [0.05, 0.1) is 16.2 Å². The summed E-state index contributed by atoms with van der Waals surface area (Å²) in [5.74, 6) is 0.469. The van der Waals surface area contributed by atoms with Crippen LogP contribution in [0, 0.1) is 5.92 Å². The van der Waals surface area contributed by atoms with Gasteiger partial charge in [0.1, 0.15) is 0 Å². The van der Waals surface area contributed by atoms with Crippen LogP contribution < -0.4 is 10.6 Å². The SMILES string of the molecule is O=C(O)NCCCc1ccc2c(NC(=O)CC3CCCCC3)c(Cl)ccc2n1. The van der Waals surface area contributed by atoms with E-state index in [1.54, 1.807) is 6.07 Å². The van der Waals surface area contributed by atoms with E-state index < -0.39 is 6.09 Å². The third-order valence-corrected chi connectivity index (χ3v) is 5.54. The first-order valence-corrected chi connectivity index (χ1v) is 10.3. The van der Waals surface area contributed by atoms with Gasteiger partial charge in [-0.3, -0.25) is 9.78 Å². The fourth-order valence-corrected chi connectivity index (χ4v) is 4.01. The van der Waals surface area contributed by atoms with Gasteiger partial charge in [0.25, 0.3) is 0 Å². The first-order valence-electron chi connectivity index (χ1n) is 9.87. The summed E-state index contributed by atoms with van der Waals surface area (Å²) >= 11 is 6.36. The minimum atomic E-state index is -1.02. The Bertz CT molecular complexity index is 850. The van der Waals surface area contributed by atoms with E-state index in [0.29, 0.717) is 42.4 Å². The number of hydrogen-bond donors (Lipinski definition) is 3. The Morgan fingerprint density at radius 1 is 1.14 bits per heavy atom. The average molecular weight is 404 g/mol. The van der Waals surface area contributed by atoms with Crippen molar-refractivity contribution in [3.8, 4) is 0 Å². The number of aryl methyl sites for hydroxylation is 1. The molecule has 2 amide bonds. The molecule has 1 aliphatic carbocycles. The Morgan fingerprint density at radius 3 is 2.68 bits per heavy atom. The number of amides is 2. The number of carboxylic acid groups (broad SMARTS) is 1. The molecule has 1 aromatic carbocycles. The summed E-state index contributed by atoms with van der Waals surface area (Å²) in [6.45, 7) is 0.387. The fraction of sp³-hybridized carbons (Fsp3) is 0.476. The fourth-order valence-electron chi connectivity index (χ4n) is 3.79. The van der Waals surface area contributed by atoms with Crippen molar-refractivity contribution in [2.75, 3.05) is 11.9 Å². The standard InChI is InChI=1S/C21H26ClN3O3/c22-17-10-11-18-16(9-8-15(24-18)7-4-12-23-21(27)28)20(17)25-19(26)13-14-5-2-1-3-6-14/h8-11,14,23H,1-7,12-13H2,(H,25,26)(H,27,28). The summed E-state index contributed by atoms with van der Waals surface area (Å²) in [5.41, 5.74) is 2.26. The highest BCUT2D eigenvalue weighted by Crippen LogP contribution is 2.32. The molecular weight excluding hydrogens is 378 g/mol. The van der Waals surface area contributed by atoms with Crippen LogP contribution >= 0.6 is 11.6 Å². The van der Waals surface area contributed by atoms with E-state index in [1.165, 1.54) is 19.3 Å². The predicted octanol–water partition coefficient (Wildman–Crippen LogP) is 5.00. The average Bonchev–Trinajstić information content (AvgIpc) is 2.68. The summed E-state index contributed by atoms with van der Waals surface area (Å²) in [5, 5.41) is 15.3. The summed E-state index contributed by atoms with van der Waals surface area (Å²) in [4.78, 5) is 27.7. The van der Waals surface area contributed by atoms with Crippen molar-refractivity contribution in [3.05, 3.63) is 35.0 Å². The third-order valence-electron chi connectivity index (χ3n) is 5.23. The molecule has 0 spiro atoms. The van der Waals surface area contributed by atoms with Gasteiger partial charge < -0.3 is 15.7 Å². The van der Waals surface area contributed by atoms with Gasteiger partial charge in [-0.15, -0.1) is 0 Å². The molecule has 0 saturated heterocycles. The Hall–Kier alpha value is -2.34. The molecule has 1 aliphatic rings. The predicted molar refractivity (Wildman–Crippen MR) is 111 cm³/mol. The van der Waals surface area contributed by atoms with Crippen LogP contribution in [-0.2, 0) is 11.2 Å². The lowest BCUT2D eigenvalue weighted by molar-refractivity contribution is -0.117. The van der Waals surface area contributed by atoms with Gasteiger partial charge in [0.2, 0.25) is 5.91 Å². The van der Waals surface area contributed by atoms with Crippen LogP contribution in [-0.4, -0.2) is 28.6 Å². The van der Waals surface area contributed by atoms with Crippen molar-refractivity contribution < 1.29 is 14.7 Å². The molecule has 1 saturated carbocycles. The van der Waals surface area contributed by atoms with Crippen LogP contribution in [0.2, 0.25) is 5.02 Å². The molecule has 0 bridgehead atoms. The maximum absolute atomic E-state index is 12.5. The van der Waals surface area contributed by atoms with E-state index in [2.05, 4.69) is 15.6 Å². The number of aromatic nitrogens is 1. The second kappa shape index (κ2) is 9.73. The molecule has 2 aromatic rings. The Morgan fingerprint density at radius 2 is 1.93 bits per heavy atom. The second-order valence-corrected chi connectivity index (χ2v) is 7.79. The van der Waals surface area contributed by atoms with Crippen LogP contribution in [0.15, 0.2) is 24.3 Å². The summed E-state index contributed by atoms with van der Waals surface area (Å²) in [7, 11) is 0. The van der Waals surface area contributed by atoms with E-state index in [4.69, 9.17) is 16.7 Å². The van der Waals surface area contributed by atoms with Crippen LogP contribution in [0.5, 0.6) is 0 Å². The topological polar surface area (TPSA) is 91.3 Å². The summed E-state index contributed by atoms with van der Waals surface area (Å²) < 4.78 is 0. The first-order chi connectivity index (χ1) is 13.5. The third kappa shape index (κ3) is 5.58. The van der Waals surface area contributed by atoms with Crippen molar-refractivity contribution in [2.24, 2.45) is 5.92 Å². The monoisotopic (exact) mass is 403 g/mol. The van der Waals surface area contributed by atoms with Gasteiger partial charge in [-0.25, -0.2) is 4.79 Å². The van der Waals surface area contributed by atoms with Crippen molar-refractivity contribution in [3.63, 3.8) is 0 Å². The minimum Gasteiger partial charge on any atom is -0.465 e. The molecule has 0 aliphatic heterocycles. The zero-order valence-corrected chi connectivity index (χ0v) is 16.6. The number of carbonyl (C=O) groups excluding carboxylic acids is 1. The highest BCUT2D eigenvalue weighted by Gasteiger charge is 2.18. The maximum atomic E-state index is 12.5. The number of anilines is 1. The van der Waals surface area contributed by atoms with Crippen LogP contribution in [0.3, 0.4) is 0 Å². The molecule has 1 fully saturated rings. The number of nitrogens with zero attached hydrogens (tertiary/aromatic N) is 1. The molecule has 7 heteroatoms. The van der Waals surface area contributed by atoms with E-state index >= 15 is 0 Å². The van der Waals surface area contributed by atoms with Gasteiger partial charge in [0.15, 0.2) is 0 Å². The lowest BCUT2D eigenvalue weighted by Crippen LogP contribution is -2.22. The Labute approximate surface area is 169 Å². The number of fused-ring (bicyclic) bond motifs is 1. The minimum absolute atomic E-state index is 0.00474. The summed E-state index contributed by atoms with van der Waals surface area (Å²) in [6.07, 6.45) is 6.79. The molecular formula is C21H26ClN3O3. The molecule has 0 radical (unpaired) electrons. The first kappa shape index (κ1) is 20.4. The lowest BCUT2D eigenvalue weighted by Gasteiger charge is -2.21. The number of nitrogens with one attached hydrogen (secondary N) is 2. The van der Waals surface area contributed by atoms with Gasteiger partial charge >= 0.3 is 6.09 Å². The molecule has 28 heavy (non-hydrogen) atoms. The highest BCUT2D eigenvalue weighted by atomic mass is 35.5. The highest BCUT2D eigenvalue weighted by molar-refractivity contribution is 6.35.